The maximum atomic E-state index is 14.5. The van der Waals surface area contributed by atoms with Crippen molar-refractivity contribution in [3.05, 3.63) is 109 Å². The Bertz CT molecular complexity index is 2830. The molecule has 300 valence electrons. The molecule has 0 atom stereocenters. The van der Waals surface area contributed by atoms with Gasteiger partial charge in [-0.1, -0.05) is 12.1 Å². The Morgan fingerprint density at radius 3 is 1.95 bits per heavy atom. The maximum absolute atomic E-state index is 14.5. The molecular formula is C43H38N12O5. The Balaban J connectivity index is 0.992. The van der Waals surface area contributed by atoms with E-state index in [2.05, 4.69) is 35.9 Å². The zero-order chi connectivity index (χ0) is 40.4. The summed E-state index contributed by atoms with van der Waals surface area (Å²) in [7, 11) is 0. The van der Waals surface area contributed by atoms with Gasteiger partial charge in [0.1, 0.15) is 22.9 Å². The molecule has 4 aromatic heterocycles. The Kier molecular flexibility index (Phi) is 9.76. The Labute approximate surface area is 342 Å². The number of esters is 1. The highest BCUT2D eigenvalue weighted by molar-refractivity contribution is 6.03. The fraction of sp³-hybridized carbons (Fsp3) is 0.186. The first kappa shape index (κ1) is 36.7. The van der Waals surface area contributed by atoms with Crippen LogP contribution in [0.4, 0.5) is 34.9 Å². The normalized spacial score (nSPS) is 14.4. The molecule has 5 N–H and O–H groups in total. The van der Waals surface area contributed by atoms with Crippen LogP contribution in [0.1, 0.15) is 10.4 Å². The fourth-order valence-corrected chi connectivity index (χ4v) is 7.23. The average molecular weight is 803 g/mol. The highest BCUT2D eigenvalue weighted by atomic mass is 16.5. The van der Waals surface area contributed by atoms with E-state index in [1.54, 1.807) is 48.8 Å². The van der Waals surface area contributed by atoms with Crippen molar-refractivity contribution in [2.75, 3.05) is 73.0 Å². The van der Waals surface area contributed by atoms with Crippen LogP contribution in [0.25, 0.3) is 44.3 Å². The van der Waals surface area contributed by atoms with Gasteiger partial charge in [0, 0.05) is 65.5 Å². The van der Waals surface area contributed by atoms with Crippen LogP contribution in [0.2, 0.25) is 0 Å². The number of hydrogen-bond acceptors (Lipinski definition) is 15. The van der Waals surface area contributed by atoms with Crippen LogP contribution >= 0.6 is 0 Å². The number of aromatic nitrogens is 8. The number of carbonyl (C=O) groups is 1. The van der Waals surface area contributed by atoms with Crippen molar-refractivity contribution >= 4 is 62.7 Å². The summed E-state index contributed by atoms with van der Waals surface area (Å²) in [5.41, 5.74) is 5.68. The first-order valence-corrected chi connectivity index (χ1v) is 19.5. The lowest BCUT2D eigenvalue weighted by atomic mass is 10.1. The molecule has 2 aliphatic rings. The summed E-state index contributed by atoms with van der Waals surface area (Å²) in [5, 5.41) is 33.4. The minimum Gasteiger partial charge on any atom is -0.508 e. The van der Waals surface area contributed by atoms with E-state index in [1.165, 1.54) is 0 Å². The van der Waals surface area contributed by atoms with E-state index in [9.17, 15) is 9.90 Å². The molecule has 17 heteroatoms. The number of nitrogens with one attached hydrogen (secondary N) is 4. The molecule has 2 saturated heterocycles. The zero-order valence-electron chi connectivity index (χ0n) is 32.1. The number of aromatic hydroxyl groups is 1. The molecule has 17 nitrogen and oxygen atoms in total. The molecule has 0 spiro atoms. The van der Waals surface area contributed by atoms with Crippen LogP contribution in [-0.4, -0.2) is 104 Å². The quantitative estimate of drug-likeness (QED) is 0.0746. The van der Waals surface area contributed by atoms with Gasteiger partial charge in [-0.2, -0.15) is 20.2 Å². The summed E-state index contributed by atoms with van der Waals surface area (Å²) in [4.78, 5) is 38.3. The average Bonchev–Trinajstić information content (AvgIpc) is 3.96. The smallest absolute Gasteiger partial charge is 0.349 e. The number of aromatic amines is 2. The van der Waals surface area contributed by atoms with Gasteiger partial charge in [-0.3, -0.25) is 10.2 Å². The Hall–Kier alpha value is -7.63. The lowest BCUT2D eigenvalue weighted by Crippen LogP contribution is -2.37. The number of anilines is 6. The molecule has 0 bridgehead atoms. The topological polar surface area (TPSA) is 204 Å². The van der Waals surface area contributed by atoms with Crippen LogP contribution in [0, 0.1) is 0 Å². The van der Waals surface area contributed by atoms with E-state index in [1.807, 2.05) is 59.5 Å². The van der Waals surface area contributed by atoms with Crippen molar-refractivity contribution in [3.8, 4) is 34.0 Å². The van der Waals surface area contributed by atoms with E-state index in [0.717, 1.165) is 33.1 Å². The fourth-order valence-electron chi connectivity index (χ4n) is 7.23. The minimum absolute atomic E-state index is 0.0211. The minimum atomic E-state index is -0.695. The molecule has 2 aliphatic heterocycles. The number of phenols is 1. The Morgan fingerprint density at radius 2 is 1.30 bits per heavy atom. The van der Waals surface area contributed by atoms with Crippen molar-refractivity contribution in [2.24, 2.45) is 0 Å². The number of ether oxygens (including phenoxy) is 3. The van der Waals surface area contributed by atoms with E-state index in [-0.39, 0.29) is 17.1 Å². The van der Waals surface area contributed by atoms with Gasteiger partial charge < -0.3 is 39.8 Å². The summed E-state index contributed by atoms with van der Waals surface area (Å²) in [5.74, 6) is 1.45. The molecule has 2 fully saturated rings. The number of phenolic OH excluding ortho intramolecular Hbond substituents is 1. The molecule has 0 aliphatic carbocycles. The predicted molar refractivity (Wildman–Crippen MR) is 226 cm³/mol. The number of benzene rings is 4. The van der Waals surface area contributed by atoms with E-state index < -0.39 is 5.97 Å². The van der Waals surface area contributed by atoms with Crippen molar-refractivity contribution in [1.82, 2.24) is 40.3 Å². The lowest BCUT2D eigenvalue weighted by Gasteiger charge is -2.28. The van der Waals surface area contributed by atoms with Gasteiger partial charge in [0.05, 0.1) is 61.2 Å². The second-order valence-corrected chi connectivity index (χ2v) is 14.3. The van der Waals surface area contributed by atoms with Gasteiger partial charge in [0.2, 0.25) is 11.9 Å². The highest BCUT2D eigenvalue weighted by Gasteiger charge is 2.27. The van der Waals surface area contributed by atoms with Crippen LogP contribution in [0.5, 0.6) is 11.5 Å². The summed E-state index contributed by atoms with van der Waals surface area (Å²) in [6.07, 6.45) is 3.50. The third kappa shape index (κ3) is 7.69. The third-order valence-electron chi connectivity index (χ3n) is 10.3. The molecule has 60 heavy (non-hydrogen) atoms. The number of rotatable bonds is 10. The SMILES string of the molecule is O=C(Oc1ccc(-c2cc(Nc3ccc4[nH]ncc4c3)nc(N3CCOCC3)n2)cc1)c1c(Nc2ccc3[nH]ncc3c2)nc(N2CCOCC2)nc1-c1cccc(O)c1. The number of hydrogen-bond donors (Lipinski definition) is 5. The van der Waals surface area contributed by atoms with Crippen molar-refractivity contribution < 1.29 is 24.1 Å². The standard InChI is InChI=1S/C43H38N12O5/c56-32-3-1-2-27(22-32)39-38(40(51-43(50-39)55-14-18-59-19-15-55)47-31-7-11-35-29(21-31)25-45-53-35)41(57)60-33-8-4-26(5-9-33)36-23-37(49-42(48-36)54-12-16-58-17-13-54)46-30-6-10-34-28(20-30)24-44-52-34/h1-11,20-25,56H,12-19H2,(H,44,52)(H,45,53)(H,46,48,49)(H,47,50,51). The molecule has 10 rings (SSSR count). The molecule has 0 unspecified atom stereocenters. The molecule has 0 amide bonds. The number of nitrogens with zero attached hydrogens (tertiary/aromatic N) is 8. The van der Waals surface area contributed by atoms with E-state index >= 15 is 0 Å². The number of fused-ring (bicyclic) bond motifs is 2. The lowest BCUT2D eigenvalue weighted by molar-refractivity contribution is 0.0735. The second-order valence-electron chi connectivity index (χ2n) is 14.3. The molecule has 8 aromatic rings. The van der Waals surface area contributed by atoms with Crippen molar-refractivity contribution in [3.63, 3.8) is 0 Å². The number of H-pyrrole nitrogens is 2. The van der Waals surface area contributed by atoms with Crippen LogP contribution in [-0.2, 0) is 9.47 Å². The summed E-state index contributed by atoms with van der Waals surface area (Å²) in [6.45, 7) is 4.63. The van der Waals surface area contributed by atoms with Crippen molar-refractivity contribution in [1.29, 1.82) is 0 Å². The third-order valence-corrected chi connectivity index (χ3v) is 10.3. The van der Waals surface area contributed by atoms with E-state index in [4.69, 9.17) is 34.1 Å². The maximum Gasteiger partial charge on any atom is 0.349 e. The van der Waals surface area contributed by atoms with Gasteiger partial charge >= 0.3 is 5.97 Å². The van der Waals surface area contributed by atoms with Gasteiger partial charge in [-0.05, 0) is 72.8 Å². The largest absolute Gasteiger partial charge is 0.508 e. The highest BCUT2D eigenvalue weighted by Crippen LogP contribution is 2.35. The first-order valence-electron chi connectivity index (χ1n) is 19.5. The summed E-state index contributed by atoms with van der Waals surface area (Å²) >= 11 is 0. The molecule has 4 aromatic carbocycles. The van der Waals surface area contributed by atoms with Crippen LogP contribution in [0.3, 0.4) is 0 Å². The van der Waals surface area contributed by atoms with Gasteiger partial charge in [-0.25, -0.2) is 14.8 Å². The summed E-state index contributed by atoms with van der Waals surface area (Å²) < 4.78 is 17.3. The van der Waals surface area contributed by atoms with Gasteiger partial charge in [-0.15, -0.1) is 0 Å². The van der Waals surface area contributed by atoms with E-state index in [0.29, 0.717) is 98.7 Å². The zero-order valence-corrected chi connectivity index (χ0v) is 32.1. The molecule has 0 saturated carbocycles. The van der Waals surface area contributed by atoms with Crippen LogP contribution in [0.15, 0.2) is 103 Å². The second kappa shape index (κ2) is 16.0. The Morgan fingerprint density at radius 1 is 0.667 bits per heavy atom. The van der Waals surface area contributed by atoms with Gasteiger partial charge in [0.15, 0.2) is 5.82 Å². The summed E-state index contributed by atoms with van der Waals surface area (Å²) in [6, 6.07) is 27.2. The van der Waals surface area contributed by atoms with Crippen molar-refractivity contribution in [2.45, 2.75) is 0 Å². The van der Waals surface area contributed by atoms with Crippen LogP contribution < -0.4 is 25.2 Å². The molecule has 6 heterocycles. The monoisotopic (exact) mass is 802 g/mol. The molecule has 0 radical (unpaired) electrons. The predicted octanol–water partition coefficient (Wildman–Crippen LogP) is 6.44. The molecular weight excluding hydrogens is 765 g/mol. The first-order chi connectivity index (χ1) is 29.5. The van der Waals surface area contributed by atoms with Gasteiger partial charge in [0.25, 0.3) is 0 Å². The number of carbonyl (C=O) groups excluding carboxylic acids is 1. The number of morpholine rings is 2.